The van der Waals surface area contributed by atoms with Gasteiger partial charge in [0.1, 0.15) is 6.04 Å². The number of carbonyl (C=O) groups excluding carboxylic acids is 2. The summed E-state index contributed by atoms with van der Waals surface area (Å²) in [6.45, 7) is 6.86. The predicted octanol–water partition coefficient (Wildman–Crippen LogP) is -0.539. The zero-order chi connectivity index (χ0) is 11.6. The maximum atomic E-state index is 11.6. The van der Waals surface area contributed by atoms with Crippen molar-refractivity contribution < 1.29 is 9.59 Å². The Bertz CT molecular complexity index is 270. The van der Waals surface area contributed by atoms with Crippen LogP contribution in [-0.2, 0) is 9.59 Å². The van der Waals surface area contributed by atoms with Gasteiger partial charge in [0, 0.05) is 12.1 Å². The van der Waals surface area contributed by atoms with Crippen molar-refractivity contribution in [3.05, 3.63) is 0 Å². The van der Waals surface area contributed by atoms with Crippen molar-refractivity contribution >= 4 is 11.8 Å². The number of hydrogen-bond donors (Lipinski definition) is 2. The first kappa shape index (κ1) is 12.0. The molecule has 0 aromatic heterocycles. The molecule has 0 aromatic carbocycles. The summed E-state index contributed by atoms with van der Waals surface area (Å²) in [5.74, 6) is -0.467. The Balaban J connectivity index is 2.39. The minimum absolute atomic E-state index is 0.0556. The van der Waals surface area contributed by atoms with E-state index in [-0.39, 0.29) is 24.0 Å². The van der Waals surface area contributed by atoms with E-state index < -0.39 is 5.91 Å². The van der Waals surface area contributed by atoms with E-state index in [1.54, 1.807) is 0 Å². The number of hydrogen-bond acceptors (Lipinski definition) is 3. The molecule has 1 aliphatic heterocycles. The summed E-state index contributed by atoms with van der Waals surface area (Å²) in [6.07, 6.45) is 0.691. The van der Waals surface area contributed by atoms with E-state index in [2.05, 4.69) is 5.32 Å². The van der Waals surface area contributed by atoms with Gasteiger partial charge in [0.05, 0.1) is 6.54 Å². The van der Waals surface area contributed by atoms with Gasteiger partial charge >= 0.3 is 0 Å². The van der Waals surface area contributed by atoms with Gasteiger partial charge in [-0.05, 0) is 27.2 Å². The summed E-state index contributed by atoms with van der Waals surface area (Å²) in [6, 6.07) is -0.390. The van der Waals surface area contributed by atoms with Crippen LogP contribution in [0.15, 0.2) is 0 Å². The lowest BCUT2D eigenvalue weighted by atomic mass is 10.0. The fourth-order valence-corrected chi connectivity index (χ4v) is 1.42. The number of nitrogens with one attached hydrogen (secondary N) is 1. The maximum absolute atomic E-state index is 11.6. The van der Waals surface area contributed by atoms with Crippen molar-refractivity contribution in [2.75, 3.05) is 13.1 Å². The molecule has 15 heavy (non-hydrogen) atoms. The monoisotopic (exact) mass is 213 g/mol. The molecule has 1 rings (SSSR count). The van der Waals surface area contributed by atoms with E-state index in [1.807, 2.05) is 20.8 Å². The fraction of sp³-hybridized carbons (Fsp3) is 0.800. The Hall–Kier alpha value is -1.10. The normalized spacial score (nSPS) is 21.0. The fourth-order valence-electron chi connectivity index (χ4n) is 1.42. The molecule has 0 saturated carbocycles. The molecule has 2 amide bonds. The summed E-state index contributed by atoms with van der Waals surface area (Å²) in [5, 5.41) is 3.09. The van der Waals surface area contributed by atoms with Gasteiger partial charge in [-0.3, -0.25) is 9.59 Å². The standard InChI is InChI=1S/C10H19N3O2/c1-10(2,3)12-6-8(14)13-5-4-7(13)9(11)15/h7,12H,4-6H2,1-3H3,(H2,11,15). The summed E-state index contributed by atoms with van der Waals surface area (Å²) in [4.78, 5) is 24.1. The highest BCUT2D eigenvalue weighted by Crippen LogP contribution is 2.16. The number of primary amides is 1. The molecule has 1 aliphatic rings. The largest absolute Gasteiger partial charge is 0.368 e. The van der Waals surface area contributed by atoms with Crippen LogP contribution in [0.4, 0.5) is 0 Å². The van der Waals surface area contributed by atoms with Crippen LogP contribution in [-0.4, -0.2) is 41.4 Å². The molecule has 5 nitrogen and oxygen atoms in total. The van der Waals surface area contributed by atoms with E-state index in [0.29, 0.717) is 13.0 Å². The zero-order valence-electron chi connectivity index (χ0n) is 9.54. The average Bonchev–Trinajstić information content (AvgIpc) is 1.96. The van der Waals surface area contributed by atoms with Gasteiger partial charge in [0.2, 0.25) is 11.8 Å². The Morgan fingerprint density at radius 1 is 1.47 bits per heavy atom. The summed E-state index contributed by atoms with van der Waals surface area (Å²) in [7, 11) is 0. The molecule has 86 valence electrons. The third-order valence-corrected chi connectivity index (χ3v) is 2.44. The molecule has 1 heterocycles. The molecule has 0 bridgehead atoms. The molecular formula is C10H19N3O2. The Morgan fingerprint density at radius 2 is 2.07 bits per heavy atom. The SMILES string of the molecule is CC(C)(C)NCC(=O)N1CCC1C(N)=O. The van der Waals surface area contributed by atoms with E-state index in [9.17, 15) is 9.59 Å². The van der Waals surface area contributed by atoms with Gasteiger partial charge in [0.25, 0.3) is 0 Å². The quantitative estimate of drug-likeness (QED) is 0.661. The second-order valence-electron chi connectivity index (χ2n) is 4.90. The van der Waals surface area contributed by atoms with Crippen LogP contribution in [0.2, 0.25) is 0 Å². The molecule has 3 N–H and O–H groups in total. The summed E-state index contributed by atoms with van der Waals surface area (Å²) < 4.78 is 0. The van der Waals surface area contributed by atoms with Crippen LogP contribution in [0.3, 0.4) is 0 Å². The minimum Gasteiger partial charge on any atom is -0.368 e. The Morgan fingerprint density at radius 3 is 2.40 bits per heavy atom. The first-order valence-electron chi connectivity index (χ1n) is 5.15. The van der Waals surface area contributed by atoms with Gasteiger partial charge in [0.15, 0.2) is 0 Å². The number of rotatable bonds is 3. The molecular weight excluding hydrogens is 194 g/mol. The molecule has 0 spiro atoms. The van der Waals surface area contributed by atoms with Crippen molar-refractivity contribution in [2.24, 2.45) is 5.73 Å². The van der Waals surface area contributed by atoms with Crippen LogP contribution in [0.1, 0.15) is 27.2 Å². The lowest BCUT2D eigenvalue weighted by molar-refractivity contribution is -0.145. The third kappa shape index (κ3) is 3.20. The van der Waals surface area contributed by atoms with Crippen molar-refractivity contribution in [1.29, 1.82) is 0 Å². The second kappa shape index (κ2) is 4.18. The number of nitrogens with zero attached hydrogens (tertiary/aromatic N) is 1. The summed E-state index contributed by atoms with van der Waals surface area (Å²) in [5.41, 5.74) is 5.06. The number of carbonyl (C=O) groups is 2. The Labute approximate surface area is 90.0 Å². The number of amides is 2. The second-order valence-corrected chi connectivity index (χ2v) is 4.90. The lowest BCUT2D eigenvalue weighted by Crippen LogP contribution is -2.59. The predicted molar refractivity (Wildman–Crippen MR) is 57.1 cm³/mol. The van der Waals surface area contributed by atoms with Gasteiger partial charge in [-0.2, -0.15) is 0 Å². The molecule has 1 unspecified atom stereocenters. The molecule has 0 radical (unpaired) electrons. The lowest BCUT2D eigenvalue weighted by Gasteiger charge is -2.39. The average molecular weight is 213 g/mol. The van der Waals surface area contributed by atoms with Gasteiger partial charge in [-0.1, -0.05) is 0 Å². The van der Waals surface area contributed by atoms with Crippen LogP contribution in [0, 0.1) is 0 Å². The van der Waals surface area contributed by atoms with Gasteiger partial charge in [-0.15, -0.1) is 0 Å². The van der Waals surface area contributed by atoms with Crippen LogP contribution in [0.25, 0.3) is 0 Å². The smallest absolute Gasteiger partial charge is 0.240 e. The van der Waals surface area contributed by atoms with Gasteiger partial charge in [-0.25, -0.2) is 0 Å². The number of likely N-dealkylation sites (tertiary alicyclic amines) is 1. The first-order valence-corrected chi connectivity index (χ1v) is 5.15. The van der Waals surface area contributed by atoms with E-state index in [0.717, 1.165) is 0 Å². The van der Waals surface area contributed by atoms with Crippen molar-refractivity contribution in [3.63, 3.8) is 0 Å². The van der Waals surface area contributed by atoms with E-state index in [4.69, 9.17) is 5.73 Å². The molecule has 1 saturated heterocycles. The maximum Gasteiger partial charge on any atom is 0.240 e. The van der Waals surface area contributed by atoms with E-state index >= 15 is 0 Å². The highest BCUT2D eigenvalue weighted by Gasteiger charge is 2.35. The van der Waals surface area contributed by atoms with Crippen LogP contribution >= 0.6 is 0 Å². The molecule has 5 heteroatoms. The van der Waals surface area contributed by atoms with Crippen molar-refractivity contribution in [1.82, 2.24) is 10.2 Å². The Kier molecular flexibility index (Phi) is 3.34. The molecule has 0 aliphatic carbocycles. The highest BCUT2D eigenvalue weighted by molar-refractivity contribution is 5.89. The van der Waals surface area contributed by atoms with Crippen LogP contribution in [0.5, 0.6) is 0 Å². The number of nitrogens with two attached hydrogens (primary N) is 1. The van der Waals surface area contributed by atoms with Crippen molar-refractivity contribution in [2.45, 2.75) is 38.8 Å². The third-order valence-electron chi connectivity index (χ3n) is 2.44. The van der Waals surface area contributed by atoms with Crippen LogP contribution < -0.4 is 11.1 Å². The molecule has 1 atom stereocenters. The molecule has 1 fully saturated rings. The minimum atomic E-state index is -0.412. The summed E-state index contributed by atoms with van der Waals surface area (Å²) >= 11 is 0. The zero-order valence-corrected chi connectivity index (χ0v) is 9.54. The van der Waals surface area contributed by atoms with Gasteiger partial charge < -0.3 is 16.0 Å². The topological polar surface area (TPSA) is 75.4 Å². The van der Waals surface area contributed by atoms with E-state index in [1.165, 1.54) is 4.90 Å². The highest BCUT2D eigenvalue weighted by atomic mass is 16.2. The first-order chi connectivity index (χ1) is 6.81. The van der Waals surface area contributed by atoms with Crippen molar-refractivity contribution in [3.8, 4) is 0 Å². The molecule has 0 aromatic rings.